The van der Waals surface area contributed by atoms with Crippen molar-refractivity contribution in [2.45, 2.75) is 6.10 Å². The van der Waals surface area contributed by atoms with Crippen molar-refractivity contribution in [3.8, 4) is 0 Å². The first-order valence-corrected chi connectivity index (χ1v) is 5.41. The van der Waals surface area contributed by atoms with Crippen LogP contribution in [0.2, 0.25) is 0 Å². The molecule has 0 radical (unpaired) electrons. The summed E-state index contributed by atoms with van der Waals surface area (Å²) in [7, 11) is 0. The first-order chi connectivity index (χ1) is 8.27. The minimum atomic E-state index is -0.681. The van der Waals surface area contributed by atoms with Crippen molar-refractivity contribution in [2.75, 3.05) is 6.54 Å². The molecule has 17 heavy (non-hydrogen) atoms. The molecule has 4 heteroatoms. The molecule has 1 atom stereocenters. The van der Waals surface area contributed by atoms with Gasteiger partial charge in [-0.3, -0.25) is 4.79 Å². The van der Waals surface area contributed by atoms with E-state index in [0.717, 1.165) is 5.56 Å². The number of hydrogen-bond acceptors (Lipinski definition) is 2. The molecule has 0 aliphatic heterocycles. The highest BCUT2D eigenvalue weighted by atomic mass is 16.3. The number of amides is 1. The molecule has 0 spiro atoms. The van der Waals surface area contributed by atoms with Crippen LogP contribution in [0, 0.1) is 0 Å². The molecule has 88 valence electrons. The average molecular weight is 230 g/mol. The Balaban J connectivity index is 1.89. The van der Waals surface area contributed by atoms with Gasteiger partial charge in [-0.1, -0.05) is 30.3 Å². The minimum absolute atomic E-state index is 0.193. The minimum Gasteiger partial charge on any atom is -0.387 e. The van der Waals surface area contributed by atoms with Gasteiger partial charge in [-0.2, -0.15) is 0 Å². The Kier molecular flexibility index (Phi) is 3.57. The van der Waals surface area contributed by atoms with Crippen LogP contribution in [0.15, 0.2) is 48.8 Å². The highest BCUT2D eigenvalue weighted by Crippen LogP contribution is 2.10. The maximum Gasteiger partial charge on any atom is 0.252 e. The predicted molar refractivity (Wildman–Crippen MR) is 64.5 cm³/mol. The highest BCUT2D eigenvalue weighted by Gasteiger charge is 2.10. The van der Waals surface area contributed by atoms with E-state index in [1.54, 1.807) is 18.5 Å². The summed E-state index contributed by atoms with van der Waals surface area (Å²) in [5, 5.41) is 12.5. The van der Waals surface area contributed by atoms with Crippen LogP contribution in [0.1, 0.15) is 22.0 Å². The van der Waals surface area contributed by atoms with Gasteiger partial charge in [-0.25, -0.2) is 0 Å². The van der Waals surface area contributed by atoms with Crippen LogP contribution in [0.5, 0.6) is 0 Å². The average Bonchev–Trinajstić information content (AvgIpc) is 2.90. The van der Waals surface area contributed by atoms with E-state index in [1.165, 1.54) is 0 Å². The second kappa shape index (κ2) is 5.32. The predicted octanol–water partition coefficient (Wildman–Crippen LogP) is 1.48. The molecule has 2 rings (SSSR count). The summed E-state index contributed by atoms with van der Waals surface area (Å²) in [6.45, 7) is 0.202. The number of nitrogens with one attached hydrogen (secondary N) is 2. The molecule has 0 saturated heterocycles. The molecule has 0 aliphatic rings. The molecule has 3 N–H and O–H groups in total. The van der Waals surface area contributed by atoms with Gasteiger partial charge in [0.05, 0.1) is 11.7 Å². The van der Waals surface area contributed by atoms with Crippen LogP contribution in [0.3, 0.4) is 0 Å². The van der Waals surface area contributed by atoms with Gasteiger partial charge in [0.2, 0.25) is 0 Å². The lowest BCUT2D eigenvalue weighted by Gasteiger charge is -2.11. The van der Waals surface area contributed by atoms with Gasteiger partial charge >= 0.3 is 0 Å². The third-order valence-corrected chi connectivity index (χ3v) is 2.50. The molecule has 0 aliphatic carbocycles. The second-order valence-electron chi connectivity index (χ2n) is 3.74. The fourth-order valence-corrected chi connectivity index (χ4v) is 1.55. The van der Waals surface area contributed by atoms with Gasteiger partial charge in [0.1, 0.15) is 0 Å². The number of rotatable bonds is 4. The Morgan fingerprint density at radius 3 is 2.71 bits per heavy atom. The van der Waals surface area contributed by atoms with Crippen molar-refractivity contribution < 1.29 is 9.90 Å². The largest absolute Gasteiger partial charge is 0.387 e. The van der Waals surface area contributed by atoms with E-state index in [0.29, 0.717) is 5.56 Å². The molecule has 1 unspecified atom stereocenters. The molecule has 0 bridgehead atoms. The van der Waals surface area contributed by atoms with Crippen LogP contribution >= 0.6 is 0 Å². The van der Waals surface area contributed by atoms with Gasteiger partial charge in [-0.15, -0.1) is 0 Å². The third-order valence-electron chi connectivity index (χ3n) is 2.50. The van der Waals surface area contributed by atoms with E-state index >= 15 is 0 Å². The van der Waals surface area contributed by atoms with Gasteiger partial charge in [0, 0.05) is 18.9 Å². The van der Waals surface area contributed by atoms with Crippen LogP contribution in [-0.2, 0) is 0 Å². The fraction of sp³-hybridized carbons (Fsp3) is 0.154. The number of carbonyl (C=O) groups is 1. The number of aromatic amines is 1. The van der Waals surface area contributed by atoms with E-state index < -0.39 is 6.10 Å². The summed E-state index contributed by atoms with van der Waals surface area (Å²) < 4.78 is 0. The van der Waals surface area contributed by atoms with E-state index in [-0.39, 0.29) is 12.5 Å². The number of aliphatic hydroxyl groups is 1. The second-order valence-corrected chi connectivity index (χ2v) is 3.74. The summed E-state index contributed by atoms with van der Waals surface area (Å²) in [5.41, 5.74) is 1.35. The fourth-order valence-electron chi connectivity index (χ4n) is 1.55. The summed E-state index contributed by atoms with van der Waals surface area (Å²) in [6, 6.07) is 10.9. The monoisotopic (exact) mass is 230 g/mol. The molecule has 1 heterocycles. The summed E-state index contributed by atoms with van der Waals surface area (Å²) in [6.07, 6.45) is 2.62. The third kappa shape index (κ3) is 2.95. The Hall–Kier alpha value is -2.07. The quantitative estimate of drug-likeness (QED) is 0.744. The van der Waals surface area contributed by atoms with Crippen molar-refractivity contribution in [3.63, 3.8) is 0 Å². The maximum atomic E-state index is 11.6. The summed E-state index contributed by atoms with van der Waals surface area (Å²) >= 11 is 0. The standard InChI is InChI=1S/C13H14N2O2/c16-12(10-4-2-1-3-5-10)9-15-13(17)11-6-7-14-8-11/h1-8,12,14,16H,9H2,(H,15,17). The zero-order chi connectivity index (χ0) is 12.1. The molecule has 0 fully saturated rings. The molecule has 2 aromatic rings. The molecule has 1 aromatic carbocycles. The van der Waals surface area contributed by atoms with Gasteiger partial charge in [0.25, 0.3) is 5.91 Å². The van der Waals surface area contributed by atoms with E-state index in [4.69, 9.17) is 0 Å². The molecular weight excluding hydrogens is 216 g/mol. The van der Waals surface area contributed by atoms with Crippen molar-refractivity contribution in [2.24, 2.45) is 0 Å². The summed E-state index contributed by atoms with van der Waals surface area (Å²) in [5.74, 6) is -0.193. The van der Waals surface area contributed by atoms with E-state index in [2.05, 4.69) is 10.3 Å². The zero-order valence-electron chi connectivity index (χ0n) is 9.26. The van der Waals surface area contributed by atoms with Crippen molar-refractivity contribution in [1.82, 2.24) is 10.3 Å². The van der Waals surface area contributed by atoms with Gasteiger partial charge in [-0.05, 0) is 11.6 Å². The molecule has 1 aromatic heterocycles. The first-order valence-electron chi connectivity index (χ1n) is 5.41. The topological polar surface area (TPSA) is 65.1 Å². The Bertz CT molecular complexity index is 465. The number of hydrogen-bond donors (Lipinski definition) is 3. The first kappa shape index (κ1) is 11.4. The Morgan fingerprint density at radius 1 is 1.29 bits per heavy atom. The number of carbonyl (C=O) groups excluding carboxylic acids is 1. The highest BCUT2D eigenvalue weighted by molar-refractivity contribution is 5.93. The lowest BCUT2D eigenvalue weighted by atomic mass is 10.1. The van der Waals surface area contributed by atoms with Crippen molar-refractivity contribution in [3.05, 3.63) is 59.9 Å². The normalized spacial score (nSPS) is 12.1. The summed E-state index contributed by atoms with van der Waals surface area (Å²) in [4.78, 5) is 14.4. The van der Waals surface area contributed by atoms with Crippen LogP contribution in [-0.4, -0.2) is 22.5 Å². The lowest BCUT2D eigenvalue weighted by molar-refractivity contribution is 0.0916. The van der Waals surface area contributed by atoms with Crippen LogP contribution < -0.4 is 5.32 Å². The SMILES string of the molecule is O=C(NCC(O)c1ccccc1)c1cc[nH]c1. The molecule has 0 saturated carbocycles. The Morgan fingerprint density at radius 2 is 2.06 bits per heavy atom. The lowest BCUT2D eigenvalue weighted by Crippen LogP contribution is -2.28. The molecule has 4 nitrogen and oxygen atoms in total. The van der Waals surface area contributed by atoms with E-state index in [9.17, 15) is 9.90 Å². The van der Waals surface area contributed by atoms with E-state index in [1.807, 2.05) is 30.3 Å². The Labute approximate surface area is 99.3 Å². The number of aliphatic hydroxyl groups excluding tert-OH is 1. The molecular formula is C13H14N2O2. The smallest absolute Gasteiger partial charge is 0.252 e. The van der Waals surface area contributed by atoms with Gasteiger partial charge < -0.3 is 15.4 Å². The van der Waals surface area contributed by atoms with Gasteiger partial charge in [0.15, 0.2) is 0 Å². The van der Waals surface area contributed by atoms with Crippen LogP contribution in [0.25, 0.3) is 0 Å². The van der Waals surface area contributed by atoms with Crippen molar-refractivity contribution >= 4 is 5.91 Å². The van der Waals surface area contributed by atoms with Crippen LogP contribution in [0.4, 0.5) is 0 Å². The number of H-pyrrole nitrogens is 1. The number of aromatic nitrogens is 1. The number of benzene rings is 1. The van der Waals surface area contributed by atoms with Crippen molar-refractivity contribution in [1.29, 1.82) is 0 Å². The molecule has 1 amide bonds. The zero-order valence-corrected chi connectivity index (χ0v) is 9.26. The maximum absolute atomic E-state index is 11.6.